The zero-order chi connectivity index (χ0) is 10.2. The smallest absolute Gasteiger partial charge is 0.0777 e. The molecule has 0 saturated heterocycles. The van der Waals surface area contributed by atoms with Gasteiger partial charge in [0.1, 0.15) is 0 Å². The fourth-order valence-electron chi connectivity index (χ4n) is 0.874. The van der Waals surface area contributed by atoms with Crippen LogP contribution < -0.4 is 14.0 Å². The number of hydrogen-bond donors (Lipinski definition) is 1. The van der Waals surface area contributed by atoms with Gasteiger partial charge in [0.05, 0.1) is 14.9 Å². The molecule has 6 heteroatoms. The summed E-state index contributed by atoms with van der Waals surface area (Å²) >= 11 is 0. The van der Waals surface area contributed by atoms with Crippen molar-refractivity contribution >= 4 is 0 Å². The van der Waals surface area contributed by atoms with E-state index in [-0.39, 0.29) is 19.5 Å². The van der Waals surface area contributed by atoms with Crippen LogP contribution in [0.5, 0.6) is 0 Å². The zero-order valence-corrected chi connectivity index (χ0v) is 9.92. The van der Waals surface area contributed by atoms with E-state index in [0.717, 1.165) is 0 Å². The van der Waals surface area contributed by atoms with E-state index in [0.29, 0.717) is 0 Å². The summed E-state index contributed by atoms with van der Waals surface area (Å²) in [6.45, 7) is 0. The maximum Gasteiger partial charge on any atom is 0.0777 e. The van der Waals surface area contributed by atoms with Gasteiger partial charge in [-0.3, -0.25) is 0 Å². The third-order valence-electron chi connectivity index (χ3n) is 1.37. The van der Waals surface area contributed by atoms with Gasteiger partial charge in [-0.25, -0.2) is 0 Å². The number of allylic oxidation sites excluding steroid dienone is 4. The number of rotatable bonds is 0. The molecule has 0 fully saturated rings. The first-order valence-corrected chi connectivity index (χ1v) is 5.21. The molecule has 1 aliphatic rings. The number of halogens is 1. The molecular weight excluding hydrogens is 298 g/mol. The van der Waals surface area contributed by atoms with Gasteiger partial charge >= 0.3 is 0 Å². The Hall–Kier alpha value is 0.233. The maximum atomic E-state index is 8.60. The van der Waals surface area contributed by atoms with Gasteiger partial charge in [-0.1, -0.05) is 24.3 Å². The second kappa shape index (κ2) is 9.78. The van der Waals surface area contributed by atoms with E-state index in [1.807, 2.05) is 0 Å². The summed E-state index contributed by atoms with van der Waals surface area (Å²) in [6.07, 6.45) is 14.0. The largest absolute Gasteiger partial charge is 0.183 e. The topological polar surface area (TPSA) is 89.4 Å². The number of hydrogen-bond acceptors (Lipinski definition) is 4. The molecule has 1 N–H and O–H groups in total. The molecule has 0 amide bonds. The summed E-state index contributed by atoms with van der Waals surface area (Å²) in [5, 5.41) is 0. The minimum Gasteiger partial charge on any atom is -0.183 e. The van der Waals surface area contributed by atoms with Gasteiger partial charge in [0, 0.05) is 19.5 Å². The summed E-state index contributed by atoms with van der Waals surface area (Å²) in [5.41, 5.74) is 0. The van der Waals surface area contributed by atoms with Crippen LogP contribution in [0.1, 0.15) is 25.7 Å². The van der Waals surface area contributed by atoms with Crippen molar-refractivity contribution in [3.63, 3.8) is 0 Å². The van der Waals surface area contributed by atoms with Gasteiger partial charge in [0.2, 0.25) is 0 Å². The quantitative estimate of drug-likeness (QED) is 0.554. The van der Waals surface area contributed by atoms with Crippen LogP contribution in [0, 0.1) is 10.2 Å². The van der Waals surface area contributed by atoms with E-state index in [1.165, 1.54) is 25.7 Å². The van der Waals surface area contributed by atoms with E-state index in [2.05, 4.69) is 24.3 Å². The normalized spacial score (nSPS) is 15.7. The molecule has 0 atom stereocenters. The van der Waals surface area contributed by atoms with Crippen molar-refractivity contribution < 1.29 is 48.4 Å². The van der Waals surface area contributed by atoms with Crippen molar-refractivity contribution in [3.05, 3.63) is 24.3 Å². The third-order valence-corrected chi connectivity index (χ3v) is 1.37. The van der Waals surface area contributed by atoms with E-state index in [9.17, 15) is 0 Å². The molecular formula is C8H13ClO4Rh. The molecule has 0 heterocycles. The molecule has 14 heavy (non-hydrogen) atoms. The van der Waals surface area contributed by atoms with Crippen molar-refractivity contribution in [1.29, 1.82) is 0 Å². The Bertz CT molecular complexity index is 157. The molecule has 0 unspecified atom stereocenters. The SMILES string of the molecule is C1=CCCCCC=C1.[O-][Cl+3]([O-])([O-])O.[Rh]. The molecule has 0 aromatic rings. The van der Waals surface area contributed by atoms with Crippen molar-refractivity contribution in [2.45, 2.75) is 25.7 Å². The first kappa shape index (κ1) is 16.7. The fraction of sp³-hybridized carbons (Fsp3) is 0.500. The maximum absolute atomic E-state index is 8.60. The molecule has 0 saturated carbocycles. The predicted molar refractivity (Wildman–Crippen MR) is 39.0 cm³/mol. The Morgan fingerprint density at radius 1 is 0.929 bits per heavy atom. The molecule has 1 rings (SSSR count). The Labute approximate surface area is 98.4 Å². The molecule has 1 radical (unpaired) electrons. The van der Waals surface area contributed by atoms with Gasteiger partial charge < -0.3 is 0 Å². The van der Waals surface area contributed by atoms with Crippen LogP contribution in [-0.4, -0.2) is 4.66 Å². The van der Waals surface area contributed by atoms with Gasteiger partial charge in [0.15, 0.2) is 0 Å². The second-order valence-electron chi connectivity index (χ2n) is 2.54. The summed E-state index contributed by atoms with van der Waals surface area (Å²) < 4.78 is 32.7. The molecule has 0 aromatic heterocycles. The summed E-state index contributed by atoms with van der Waals surface area (Å²) in [6, 6.07) is 0. The average molecular weight is 312 g/mol. The molecule has 4 nitrogen and oxygen atoms in total. The van der Waals surface area contributed by atoms with Crippen molar-refractivity contribution in [2.75, 3.05) is 0 Å². The molecule has 0 aliphatic heterocycles. The Morgan fingerprint density at radius 3 is 1.50 bits per heavy atom. The fourth-order valence-corrected chi connectivity index (χ4v) is 0.874. The van der Waals surface area contributed by atoms with Gasteiger partial charge in [-0.15, -0.1) is 0 Å². The van der Waals surface area contributed by atoms with Crippen molar-refractivity contribution in [1.82, 2.24) is 0 Å². The van der Waals surface area contributed by atoms with Crippen LogP contribution in [0.4, 0.5) is 0 Å². The first-order chi connectivity index (χ1) is 6.00. The molecule has 0 spiro atoms. The van der Waals surface area contributed by atoms with Crippen molar-refractivity contribution in [2.24, 2.45) is 0 Å². The van der Waals surface area contributed by atoms with Gasteiger partial charge in [0.25, 0.3) is 0 Å². The van der Waals surface area contributed by atoms with E-state index < -0.39 is 10.2 Å². The Kier molecular flexibility index (Phi) is 11.6. The van der Waals surface area contributed by atoms with Gasteiger partial charge in [-0.05, 0) is 25.7 Å². The van der Waals surface area contributed by atoms with Crippen LogP contribution in [0.2, 0.25) is 0 Å². The Balaban J connectivity index is 0. The zero-order valence-electron chi connectivity index (χ0n) is 7.52. The van der Waals surface area contributed by atoms with E-state index in [4.69, 9.17) is 18.6 Å². The molecule has 1 aliphatic carbocycles. The molecule has 0 bridgehead atoms. The van der Waals surface area contributed by atoms with Crippen LogP contribution in [-0.2, 0) is 19.5 Å². The summed E-state index contributed by atoms with van der Waals surface area (Å²) in [5.74, 6) is 0. The van der Waals surface area contributed by atoms with Crippen molar-refractivity contribution in [3.8, 4) is 0 Å². The monoisotopic (exact) mass is 311 g/mol. The molecule has 0 aromatic carbocycles. The van der Waals surface area contributed by atoms with Crippen LogP contribution >= 0.6 is 0 Å². The standard InChI is InChI=1S/C8H12.ClHO4.Rh/c1-2-4-6-8-7-5-3-1;2-1(3,4)5;/h1-4H,5-8H2;(H,2,3,4,5);. The van der Waals surface area contributed by atoms with Crippen LogP contribution in [0.15, 0.2) is 24.3 Å². The average Bonchev–Trinajstić information content (AvgIpc) is 1.79. The minimum absolute atomic E-state index is 0. The Morgan fingerprint density at radius 2 is 1.21 bits per heavy atom. The van der Waals surface area contributed by atoms with E-state index in [1.54, 1.807) is 0 Å². The second-order valence-corrected chi connectivity index (χ2v) is 3.33. The third kappa shape index (κ3) is 22.8. The van der Waals surface area contributed by atoms with Gasteiger partial charge in [-0.2, -0.15) is 14.0 Å². The van der Waals surface area contributed by atoms with E-state index >= 15 is 0 Å². The summed E-state index contributed by atoms with van der Waals surface area (Å²) in [7, 11) is -4.69. The molecule has 85 valence electrons. The van der Waals surface area contributed by atoms with Crippen LogP contribution in [0.25, 0.3) is 0 Å². The van der Waals surface area contributed by atoms with Crippen LogP contribution in [0.3, 0.4) is 0 Å². The summed E-state index contributed by atoms with van der Waals surface area (Å²) in [4.78, 5) is 0. The first-order valence-electron chi connectivity index (χ1n) is 3.95. The predicted octanol–water partition coefficient (Wildman–Crippen LogP) is -1.45. The minimum atomic E-state index is -4.69.